The van der Waals surface area contributed by atoms with Gasteiger partial charge in [-0.2, -0.15) is 0 Å². The van der Waals surface area contributed by atoms with Crippen molar-refractivity contribution in [2.24, 2.45) is 0 Å². The molecule has 0 N–H and O–H groups in total. The molecule has 5 nitrogen and oxygen atoms in total. The van der Waals surface area contributed by atoms with Gasteiger partial charge in [0.15, 0.2) is 23.0 Å². The molecule has 1 aliphatic rings. The summed E-state index contributed by atoms with van der Waals surface area (Å²) in [5.41, 5.74) is 6.22. The normalized spacial score (nSPS) is 12.9. The second kappa shape index (κ2) is 8.03. The lowest BCUT2D eigenvalue weighted by Gasteiger charge is -2.13. The van der Waals surface area contributed by atoms with E-state index in [0.29, 0.717) is 23.0 Å². The predicted molar refractivity (Wildman–Crippen MR) is 118 cm³/mol. The van der Waals surface area contributed by atoms with Crippen LogP contribution in [0.3, 0.4) is 0 Å². The van der Waals surface area contributed by atoms with Gasteiger partial charge < -0.3 is 23.7 Å². The molecule has 154 valence electrons. The van der Waals surface area contributed by atoms with Crippen molar-refractivity contribution >= 4 is 11.6 Å². The fourth-order valence-corrected chi connectivity index (χ4v) is 3.89. The largest absolute Gasteiger partial charge is 0.497 e. The van der Waals surface area contributed by atoms with Crippen molar-refractivity contribution in [3.05, 3.63) is 65.2 Å². The maximum absolute atomic E-state index is 5.78. The first kappa shape index (κ1) is 19.7. The summed E-state index contributed by atoms with van der Waals surface area (Å²) in [4.78, 5) is 0. The van der Waals surface area contributed by atoms with Crippen LogP contribution >= 0.6 is 0 Å². The van der Waals surface area contributed by atoms with Crippen LogP contribution in [-0.4, -0.2) is 35.5 Å². The highest BCUT2D eigenvalue weighted by Crippen LogP contribution is 2.54. The molecule has 4 rings (SSSR count). The van der Waals surface area contributed by atoms with E-state index in [1.54, 1.807) is 35.5 Å². The van der Waals surface area contributed by atoms with E-state index < -0.39 is 0 Å². The lowest BCUT2D eigenvalue weighted by atomic mass is 9.99. The summed E-state index contributed by atoms with van der Waals surface area (Å²) in [6.07, 6.45) is 2.14. The Bertz CT molecular complexity index is 1110. The van der Waals surface area contributed by atoms with Crippen molar-refractivity contribution in [1.29, 1.82) is 0 Å². The van der Waals surface area contributed by atoms with Gasteiger partial charge in [-0.3, -0.25) is 0 Å². The second-order valence-electron chi connectivity index (χ2n) is 6.81. The average molecular weight is 404 g/mol. The lowest BCUT2D eigenvalue weighted by Crippen LogP contribution is -1.95. The first-order valence-electron chi connectivity index (χ1n) is 9.53. The van der Waals surface area contributed by atoms with Gasteiger partial charge in [0.05, 0.1) is 35.5 Å². The van der Waals surface area contributed by atoms with Gasteiger partial charge in [-0.25, -0.2) is 0 Å². The Morgan fingerprint density at radius 2 is 1.20 bits per heavy atom. The number of hydrogen-bond acceptors (Lipinski definition) is 5. The highest BCUT2D eigenvalue weighted by atomic mass is 16.5. The Morgan fingerprint density at radius 1 is 0.567 bits per heavy atom. The van der Waals surface area contributed by atoms with Crippen LogP contribution in [0, 0.1) is 0 Å². The third-order valence-electron chi connectivity index (χ3n) is 5.35. The van der Waals surface area contributed by atoms with Crippen LogP contribution in [0.2, 0.25) is 0 Å². The van der Waals surface area contributed by atoms with E-state index in [0.717, 1.165) is 39.1 Å². The molecule has 0 aliphatic heterocycles. The summed E-state index contributed by atoms with van der Waals surface area (Å²) in [7, 11) is 8.25. The van der Waals surface area contributed by atoms with E-state index in [-0.39, 0.29) is 0 Å². The maximum atomic E-state index is 5.78. The van der Waals surface area contributed by atoms with Crippen molar-refractivity contribution in [3.8, 4) is 39.9 Å². The maximum Gasteiger partial charge on any atom is 0.169 e. The highest BCUT2D eigenvalue weighted by Gasteiger charge is 2.30. The summed E-state index contributed by atoms with van der Waals surface area (Å²) < 4.78 is 27.7. The van der Waals surface area contributed by atoms with Crippen LogP contribution in [0.1, 0.15) is 16.7 Å². The van der Waals surface area contributed by atoms with E-state index in [1.807, 2.05) is 42.5 Å². The Morgan fingerprint density at radius 3 is 1.77 bits per heavy atom. The van der Waals surface area contributed by atoms with Gasteiger partial charge in [-0.05, 0) is 70.3 Å². The molecular formula is C25H24O5. The van der Waals surface area contributed by atoms with Gasteiger partial charge in [0.25, 0.3) is 0 Å². The van der Waals surface area contributed by atoms with Gasteiger partial charge in [0, 0.05) is 5.56 Å². The molecular weight excluding hydrogens is 380 g/mol. The zero-order valence-corrected chi connectivity index (χ0v) is 17.7. The second-order valence-corrected chi connectivity index (χ2v) is 6.81. The third kappa shape index (κ3) is 3.12. The molecule has 0 radical (unpaired) electrons. The van der Waals surface area contributed by atoms with Crippen molar-refractivity contribution in [2.45, 2.75) is 0 Å². The average Bonchev–Trinajstić information content (AvgIpc) is 3.10. The zero-order valence-electron chi connectivity index (χ0n) is 17.7. The lowest BCUT2D eigenvalue weighted by molar-refractivity contribution is 0.354. The molecule has 0 atom stereocenters. The fourth-order valence-electron chi connectivity index (χ4n) is 3.89. The fraction of sp³-hybridized carbons (Fsp3) is 0.200. The van der Waals surface area contributed by atoms with Crippen LogP contribution < -0.4 is 23.7 Å². The van der Waals surface area contributed by atoms with Gasteiger partial charge in [-0.15, -0.1) is 0 Å². The molecule has 0 unspecified atom stereocenters. The quantitative estimate of drug-likeness (QED) is 0.436. The van der Waals surface area contributed by atoms with Gasteiger partial charge in [0.2, 0.25) is 0 Å². The minimum absolute atomic E-state index is 0.676. The number of ether oxygens (including phenoxy) is 5. The van der Waals surface area contributed by atoms with Crippen LogP contribution in [0.15, 0.2) is 48.5 Å². The third-order valence-corrected chi connectivity index (χ3v) is 5.35. The molecule has 0 spiro atoms. The number of fused-ring (bicyclic) bond motifs is 3. The molecule has 30 heavy (non-hydrogen) atoms. The Hall–Kier alpha value is -3.60. The molecule has 0 saturated carbocycles. The summed E-state index contributed by atoms with van der Waals surface area (Å²) in [5.74, 6) is 3.56. The SMILES string of the molecule is COc1ccc(C=C2c3cc(OC)c(OC)cc3-c3ccc(OC)c(OC)c32)cc1. The van der Waals surface area contributed by atoms with Gasteiger partial charge in [0.1, 0.15) is 5.75 Å². The minimum atomic E-state index is 0.676. The monoisotopic (exact) mass is 404 g/mol. The van der Waals surface area contributed by atoms with Crippen molar-refractivity contribution in [1.82, 2.24) is 0 Å². The summed E-state index contributed by atoms with van der Waals surface area (Å²) >= 11 is 0. The highest BCUT2D eigenvalue weighted by molar-refractivity contribution is 6.09. The van der Waals surface area contributed by atoms with Gasteiger partial charge >= 0.3 is 0 Å². The van der Waals surface area contributed by atoms with E-state index in [2.05, 4.69) is 12.1 Å². The molecule has 0 saturated heterocycles. The Kier molecular flexibility index (Phi) is 5.27. The Balaban J connectivity index is 2.01. The molecule has 3 aromatic carbocycles. The minimum Gasteiger partial charge on any atom is -0.497 e. The summed E-state index contributed by atoms with van der Waals surface area (Å²) in [5, 5.41) is 0. The van der Waals surface area contributed by atoms with E-state index in [4.69, 9.17) is 23.7 Å². The smallest absolute Gasteiger partial charge is 0.169 e. The molecule has 3 aromatic rings. The predicted octanol–water partition coefficient (Wildman–Crippen LogP) is 5.30. The first-order chi connectivity index (χ1) is 14.6. The van der Waals surface area contributed by atoms with Gasteiger partial charge in [-0.1, -0.05) is 12.1 Å². The molecule has 1 aliphatic carbocycles. The molecule has 0 amide bonds. The number of rotatable bonds is 6. The standard InChI is InChI=1S/C25H24O5/c1-26-16-8-6-15(7-9-16)12-20-19-14-23(29-4)22(28-3)13-18(19)17-10-11-21(27-2)25(30-5)24(17)20/h6-14H,1-5H3. The topological polar surface area (TPSA) is 46.2 Å². The van der Waals surface area contributed by atoms with Crippen molar-refractivity contribution in [2.75, 3.05) is 35.5 Å². The van der Waals surface area contributed by atoms with E-state index in [1.165, 1.54) is 0 Å². The van der Waals surface area contributed by atoms with E-state index >= 15 is 0 Å². The van der Waals surface area contributed by atoms with Crippen molar-refractivity contribution < 1.29 is 23.7 Å². The number of benzene rings is 3. The molecule has 0 fully saturated rings. The number of methoxy groups -OCH3 is 5. The van der Waals surface area contributed by atoms with Crippen LogP contribution in [-0.2, 0) is 0 Å². The number of hydrogen-bond donors (Lipinski definition) is 0. The molecule has 5 heteroatoms. The van der Waals surface area contributed by atoms with Crippen LogP contribution in [0.4, 0.5) is 0 Å². The van der Waals surface area contributed by atoms with E-state index in [9.17, 15) is 0 Å². The molecule has 0 heterocycles. The van der Waals surface area contributed by atoms with Crippen LogP contribution in [0.25, 0.3) is 22.8 Å². The van der Waals surface area contributed by atoms with Crippen LogP contribution in [0.5, 0.6) is 28.7 Å². The molecule has 0 bridgehead atoms. The summed E-state index contributed by atoms with van der Waals surface area (Å²) in [6.45, 7) is 0. The van der Waals surface area contributed by atoms with Crippen molar-refractivity contribution in [3.63, 3.8) is 0 Å². The molecule has 0 aromatic heterocycles. The first-order valence-corrected chi connectivity index (χ1v) is 9.53. The Labute approximate surface area is 176 Å². The zero-order chi connectivity index (χ0) is 21.3. The summed E-state index contributed by atoms with van der Waals surface area (Å²) in [6, 6.07) is 15.9.